The summed E-state index contributed by atoms with van der Waals surface area (Å²) in [5.74, 6) is -0.781. The first kappa shape index (κ1) is 29.3. The normalized spacial score (nSPS) is 18.7. The Balaban J connectivity index is 1.29. The number of amides is 2. The van der Waals surface area contributed by atoms with Crippen LogP contribution in [0, 0.1) is 17.1 Å². The lowest BCUT2D eigenvalue weighted by atomic mass is 10.1. The molecule has 44 heavy (non-hydrogen) atoms. The third-order valence-electron chi connectivity index (χ3n) is 8.42. The molecule has 0 aliphatic carbocycles. The molecule has 2 aromatic carbocycles. The number of carbonyl (C=O) groups excluding carboxylic acids is 1. The molecular formula is C31H32FN7O5. The molecule has 0 bridgehead atoms. The van der Waals surface area contributed by atoms with Crippen LogP contribution in [0.4, 0.5) is 14.9 Å². The summed E-state index contributed by atoms with van der Waals surface area (Å²) in [6.45, 7) is 4.80. The fourth-order valence-electron chi connectivity index (χ4n) is 6.17. The number of ether oxygens (including phenoxy) is 1. The van der Waals surface area contributed by atoms with Gasteiger partial charge >= 0.3 is 11.7 Å². The van der Waals surface area contributed by atoms with Crippen molar-refractivity contribution in [3.05, 3.63) is 79.2 Å². The van der Waals surface area contributed by atoms with Gasteiger partial charge in [0.05, 0.1) is 64.1 Å². The number of aromatic nitrogens is 4. The minimum absolute atomic E-state index is 0.0943. The van der Waals surface area contributed by atoms with Crippen molar-refractivity contribution in [2.45, 2.75) is 64.3 Å². The molecule has 2 aliphatic rings. The van der Waals surface area contributed by atoms with Gasteiger partial charge < -0.3 is 15.0 Å². The lowest BCUT2D eigenvalue weighted by molar-refractivity contribution is 0.0947. The molecule has 0 spiro atoms. The quantitative estimate of drug-likeness (QED) is 0.369. The van der Waals surface area contributed by atoms with E-state index in [1.807, 2.05) is 6.07 Å². The fraction of sp³-hybridized carbons (Fsp3) is 0.419. The van der Waals surface area contributed by atoms with E-state index in [-0.39, 0.29) is 53.4 Å². The van der Waals surface area contributed by atoms with E-state index >= 15 is 4.39 Å². The van der Waals surface area contributed by atoms with Crippen LogP contribution in [0.5, 0.6) is 0 Å². The lowest BCUT2D eigenvalue weighted by Crippen LogP contribution is -2.45. The SMILES string of the molecule is CC(C)n1c(=O)n(C[C@@H]2CCCO2)c(=O)c2cc(NC(=O)N3CCCC(n4cnc5cc(C#N)ccc5c4=O)C3)c(F)cc21. The van der Waals surface area contributed by atoms with Crippen molar-refractivity contribution in [3.8, 4) is 6.07 Å². The Hall–Kier alpha value is -4.83. The predicted molar refractivity (Wildman–Crippen MR) is 161 cm³/mol. The average molecular weight is 602 g/mol. The highest BCUT2D eigenvalue weighted by atomic mass is 19.1. The number of anilines is 1. The second-order valence-corrected chi connectivity index (χ2v) is 11.6. The van der Waals surface area contributed by atoms with Crippen molar-refractivity contribution < 1.29 is 13.9 Å². The van der Waals surface area contributed by atoms with Crippen LogP contribution >= 0.6 is 0 Å². The Kier molecular flexibility index (Phi) is 7.77. The maximum absolute atomic E-state index is 15.4. The van der Waals surface area contributed by atoms with Crippen molar-refractivity contribution in [3.63, 3.8) is 0 Å². The number of fused-ring (bicyclic) bond motifs is 2. The standard InChI is InChI=1S/C31H32FN7O5/c1-18(2)39-27-13-24(32)26(12-23(27)29(41)37(31(39)43)16-21-6-4-10-44-21)35-30(42)36-9-3-5-20(15-36)38-17-34-25-11-19(14-33)7-8-22(25)28(38)40/h7-8,11-13,17-18,20-21H,3-6,9-10,15-16H2,1-2H3,(H,35,42)/t20?,21-/m0/s1. The van der Waals surface area contributed by atoms with Crippen molar-refractivity contribution >= 4 is 33.5 Å². The highest BCUT2D eigenvalue weighted by Crippen LogP contribution is 2.25. The zero-order valence-corrected chi connectivity index (χ0v) is 24.5. The van der Waals surface area contributed by atoms with Gasteiger partial charge in [-0.05, 0) is 63.8 Å². The summed E-state index contributed by atoms with van der Waals surface area (Å²) in [4.78, 5) is 59.3. The molecule has 6 rings (SSSR count). The van der Waals surface area contributed by atoms with Crippen LogP contribution in [-0.4, -0.2) is 55.4 Å². The minimum atomic E-state index is -0.781. The Morgan fingerprint density at radius 2 is 1.95 bits per heavy atom. The second kappa shape index (κ2) is 11.7. The molecule has 12 nitrogen and oxygen atoms in total. The van der Waals surface area contributed by atoms with Gasteiger partial charge in [0, 0.05) is 31.8 Å². The zero-order valence-electron chi connectivity index (χ0n) is 24.5. The number of nitriles is 1. The van der Waals surface area contributed by atoms with Gasteiger partial charge in [-0.3, -0.25) is 23.3 Å². The molecule has 1 N–H and O–H groups in total. The molecule has 2 fully saturated rings. The van der Waals surface area contributed by atoms with Gasteiger partial charge in [-0.1, -0.05) is 0 Å². The van der Waals surface area contributed by atoms with Gasteiger partial charge in [-0.25, -0.2) is 19.0 Å². The maximum Gasteiger partial charge on any atom is 0.331 e. The summed E-state index contributed by atoms with van der Waals surface area (Å²) >= 11 is 0. The first-order chi connectivity index (χ1) is 21.2. The Labute approximate surface area is 250 Å². The van der Waals surface area contributed by atoms with Gasteiger partial charge in [0.15, 0.2) is 0 Å². The number of urea groups is 1. The van der Waals surface area contributed by atoms with E-state index in [4.69, 9.17) is 10.00 Å². The van der Waals surface area contributed by atoms with Crippen LogP contribution in [0.2, 0.25) is 0 Å². The highest BCUT2D eigenvalue weighted by Gasteiger charge is 2.28. The molecule has 2 aromatic heterocycles. The number of piperidine rings is 1. The minimum Gasteiger partial charge on any atom is -0.376 e. The van der Waals surface area contributed by atoms with E-state index in [2.05, 4.69) is 10.3 Å². The van der Waals surface area contributed by atoms with E-state index in [0.717, 1.165) is 23.5 Å². The summed E-state index contributed by atoms with van der Waals surface area (Å²) in [6, 6.07) is 7.82. The Bertz CT molecular complexity index is 2000. The van der Waals surface area contributed by atoms with Gasteiger partial charge in [-0.2, -0.15) is 5.26 Å². The van der Waals surface area contributed by atoms with E-state index in [1.54, 1.807) is 32.0 Å². The predicted octanol–water partition coefficient (Wildman–Crippen LogP) is 3.51. The summed E-state index contributed by atoms with van der Waals surface area (Å²) in [6.07, 6.45) is 3.98. The summed E-state index contributed by atoms with van der Waals surface area (Å²) in [7, 11) is 0. The van der Waals surface area contributed by atoms with Gasteiger partial charge in [0.1, 0.15) is 5.82 Å². The molecule has 2 saturated heterocycles. The molecule has 0 radical (unpaired) electrons. The van der Waals surface area contributed by atoms with Crippen molar-refractivity contribution in [2.24, 2.45) is 0 Å². The van der Waals surface area contributed by atoms with Crippen LogP contribution in [0.1, 0.15) is 57.2 Å². The molecule has 4 heterocycles. The first-order valence-corrected chi connectivity index (χ1v) is 14.7. The van der Waals surface area contributed by atoms with Crippen LogP contribution in [0.25, 0.3) is 21.8 Å². The monoisotopic (exact) mass is 601 g/mol. The van der Waals surface area contributed by atoms with Crippen LogP contribution < -0.4 is 22.1 Å². The molecule has 4 aromatic rings. The molecule has 228 valence electrons. The smallest absolute Gasteiger partial charge is 0.331 e. The number of rotatable bonds is 5. The summed E-state index contributed by atoms with van der Waals surface area (Å²) < 4.78 is 25.1. The average Bonchev–Trinajstić information content (AvgIpc) is 3.53. The number of likely N-dealkylation sites (tertiary alicyclic amines) is 1. The molecule has 2 amide bonds. The largest absolute Gasteiger partial charge is 0.376 e. The summed E-state index contributed by atoms with van der Waals surface area (Å²) in [5, 5.41) is 12.2. The third kappa shape index (κ3) is 5.26. The Morgan fingerprint density at radius 1 is 1.14 bits per heavy atom. The molecular weight excluding hydrogens is 569 g/mol. The molecule has 13 heteroatoms. The topological polar surface area (TPSA) is 144 Å². The fourth-order valence-corrected chi connectivity index (χ4v) is 6.17. The molecule has 2 atom stereocenters. The third-order valence-corrected chi connectivity index (χ3v) is 8.42. The van der Waals surface area contributed by atoms with E-state index in [9.17, 15) is 19.2 Å². The van der Waals surface area contributed by atoms with Gasteiger partial charge in [0.25, 0.3) is 11.1 Å². The number of hydrogen-bond donors (Lipinski definition) is 1. The second-order valence-electron chi connectivity index (χ2n) is 11.6. The first-order valence-electron chi connectivity index (χ1n) is 14.7. The van der Waals surface area contributed by atoms with Crippen molar-refractivity contribution in [2.75, 3.05) is 25.0 Å². The van der Waals surface area contributed by atoms with Crippen LogP contribution in [0.15, 0.2) is 51.0 Å². The van der Waals surface area contributed by atoms with Crippen molar-refractivity contribution in [1.82, 2.24) is 23.6 Å². The molecule has 1 unspecified atom stereocenters. The van der Waals surface area contributed by atoms with E-state index in [1.165, 1.54) is 26.4 Å². The van der Waals surface area contributed by atoms with Gasteiger partial charge in [-0.15, -0.1) is 0 Å². The van der Waals surface area contributed by atoms with E-state index in [0.29, 0.717) is 42.5 Å². The number of benzene rings is 2. The van der Waals surface area contributed by atoms with Crippen LogP contribution in [-0.2, 0) is 11.3 Å². The maximum atomic E-state index is 15.4. The number of halogens is 1. The molecule has 2 aliphatic heterocycles. The van der Waals surface area contributed by atoms with E-state index < -0.39 is 23.1 Å². The Morgan fingerprint density at radius 3 is 2.68 bits per heavy atom. The van der Waals surface area contributed by atoms with Crippen molar-refractivity contribution in [1.29, 1.82) is 5.26 Å². The summed E-state index contributed by atoms with van der Waals surface area (Å²) in [5.41, 5.74) is -0.598. The van der Waals surface area contributed by atoms with Crippen LogP contribution in [0.3, 0.4) is 0 Å². The number of hydrogen-bond acceptors (Lipinski definition) is 7. The number of nitrogens with one attached hydrogen (secondary N) is 1. The molecule has 0 saturated carbocycles. The van der Waals surface area contributed by atoms with Gasteiger partial charge in [0.2, 0.25) is 0 Å². The highest BCUT2D eigenvalue weighted by molar-refractivity contribution is 5.93. The zero-order chi connectivity index (χ0) is 31.1. The number of carbonyl (C=O) groups is 1. The number of nitrogens with zero attached hydrogens (tertiary/aromatic N) is 6. The lowest BCUT2D eigenvalue weighted by Gasteiger charge is -2.33.